The molecule has 108 valence electrons. The van der Waals surface area contributed by atoms with Crippen molar-refractivity contribution in [3.63, 3.8) is 0 Å². The second-order valence-electron chi connectivity index (χ2n) is 4.39. The first-order chi connectivity index (χ1) is 9.50. The van der Waals surface area contributed by atoms with Crippen LogP contribution in [0.3, 0.4) is 0 Å². The highest BCUT2D eigenvalue weighted by atomic mass is 32.2. The van der Waals surface area contributed by atoms with E-state index >= 15 is 0 Å². The molecule has 0 fully saturated rings. The van der Waals surface area contributed by atoms with E-state index in [4.69, 9.17) is 0 Å². The van der Waals surface area contributed by atoms with Gasteiger partial charge in [0.2, 0.25) is 10.0 Å². The molecule has 20 heavy (non-hydrogen) atoms. The molecule has 0 aliphatic carbocycles. The van der Waals surface area contributed by atoms with Crippen LogP contribution in [-0.4, -0.2) is 23.7 Å². The lowest BCUT2D eigenvalue weighted by atomic mass is 10.3. The molecule has 2 aromatic rings. The second kappa shape index (κ2) is 5.96. The zero-order valence-electron chi connectivity index (χ0n) is 11.5. The largest absolute Gasteiger partial charge is 0.378 e. The van der Waals surface area contributed by atoms with Gasteiger partial charge in [0.15, 0.2) is 0 Å². The van der Waals surface area contributed by atoms with Crippen LogP contribution in [0.15, 0.2) is 36.7 Å². The Bertz CT molecular complexity index is 662. The smallest absolute Gasteiger partial charge is 0.232 e. The summed E-state index contributed by atoms with van der Waals surface area (Å²) in [7, 11) is -1.29. The van der Waals surface area contributed by atoms with Crippen LogP contribution in [0.1, 0.15) is 12.7 Å². The maximum absolute atomic E-state index is 11.4. The van der Waals surface area contributed by atoms with Gasteiger partial charge in [-0.2, -0.15) is 0 Å². The van der Waals surface area contributed by atoms with Crippen molar-refractivity contribution < 1.29 is 8.42 Å². The number of rotatable bonds is 6. The van der Waals surface area contributed by atoms with Crippen molar-refractivity contribution in [2.75, 3.05) is 15.8 Å². The van der Waals surface area contributed by atoms with Crippen molar-refractivity contribution in [3.05, 3.63) is 42.5 Å². The standard InChI is InChI=1S/C13H18N4O2S/c1-3-20(18,19)16-12-6-4-11(5-7-12)15-10-13-14-8-9-17(13)2/h4-9,15-16H,3,10H2,1-2H3. The minimum absolute atomic E-state index is 0.0617. The molecule has 0 saturated heterocycles. The maximum Gasteiger partial charge on any atom is 0.232 e. The Kier molecular flexibility index (Phi) is 4.29. The number of aromatic nitrogens is 2. The van der Waals surface area contributed by atoms with E-state index in [9.17, 15) is 8.42 Å². The van der Waals surface area contributed by atoms with E-state index in [1.54, 1.807) is 25.3 Å². The summed E-state index contributed by atoms with van der Waals surface area (Å²) in [6, 6.07) is 7.12. The normalized spacial score (nSPS) is 11.3. The molecule has 0 bridgehead atoms. The first-order valence-electron chi connectivity index (χ1n) is 6.31. The summed E-state index contributed by atoms with van der Waals surface area (Å²) >= 11 is 0. The number of nitrogens with zero attached hydrogens (tertiary/aromatic N) is 2. The highest BCUT2D eigenvalue weighted by molar-refractivity contribution is 7.92. The maximum atomic E-state index is 11.4. The van der Waals surface area contributed by atoms with Crippen LogP contribution >= 0.6 is 0 Å². The molecule has 0 radical (unpaired) electrons. The molecule has 0 spiro atoms. The number of anilines is 2. The molecular weight excluding hydrogens is 276 g/mol. The summed E-state index contributed by atoms with van der Waals surface area (Å²) in [5.74, 6) is 0.993. The first-order valence-corrected chi connectivity index (χ1v) is 7.96. The SMILES string of the molecule is CCS(=O)(=O)Nc1ccc(NCc2nccn2C)cc1. The molecule has 2 N–H and O–H groups in total. The average Bonchev–Trinajstić information content (AvgIpc) is 2.83. The van der Waals surface area contributed by atoms with Gasteiger partial charge in [-0.25, -0.2) is 13.4 Å². The fraction of sp³-hybridized carbons (Fsp3) is 0.308. The minimum atomic E-state index is -3.22. The summed E-state index contributed by atoms with van der Waals surface area (Å²) in [5, 5.41) is 3.23. The molecule has 0 amide bonds. The Hall–Kier alpha value is -2.02. The van der Waals surface area contributed by atoms with Crippen LogP contribution in [0.25, 0.3) is 0 Å². The van der Waals surface area contributed by atoms with Crippen molar-refractivity contribution >= 4 is 21.4 Å². The monoisotopic (exact) mass is 294 g/mol. The third-order valence-corrected chi connectivity index (χ3v) is 4.22. The van der Waals surface area contributed by atoms with E-state index < -0.39 is 10.0 Å². The summed E-state index contributed by atoms with van der Waals surface area (Å²) in [5.41, 5.74) is 1.47. The van der Waals surface area contributed by atoms with Crippen LogP contribution in [0.2, 0.25) is 0 Å². The lowest BCUT2D eigenvalue weighted by Crippen LogP contribution is -2.14. The summed E-state index contributed by atoms with van der Waals surface area (Å²) in [6.45, 7) is 2.22. The van der Waals surface area contributed by atoms with E-state index in [-0.39, 0.29) is 5.75 Å². The van der Waals surface area contributed by atoms with Crippen LogP contribution in [-0.2, 0) is 23.6 Å². The van der Waals surface area contributed by atoms with Gasteiger partial charge >= 0.3 is 0 Å². The lowest BCUT2D eigenvalue weighted by Gasteiger charge is -2.09. The second-order valence-corrected chi connectivity index (χ2v) is 6.40. The fourth-order valence-corrected chi connectivity index (χ4v) is 2.30. The quantitative estimate of drug-likeness (QED) is 0.851. The van der Waals surface area contributed by atoms with Gasteiger partial charge in [-0.15, -0.1) is 0 Å². The van der Waals surface area contributed by atoms with E-state index in [1.165, 1.54) is 0 Å². The average molecular weight is 294 g/mol. The predicted molar refractivity (Wildman–Crippen MR) is 80.1 cm³/mol. The topological polar surface area (TPSA) is 76.0 Å². The molecular formula is C13H18N4O2S. The highest BCUT2D eigenvalue weighted by Gasteiger charge is 2.06. The zero-order chi connectivity index (χ0) is 14.6. The Morgan fingerprint density at radius 1 is 1.20 bits per heavy atom. The Labute approximate surface area is 118 Å². The Morgan fingerprint density at radius 2 is 1.85 bits per heavy atom. The van der Waals surface area contributed by atoms with Gasteiger partial charge in [0.1, 0.15) is 5.82 Å². The van der Waals surface area contributed by atoms with Crippen LogP contribution < -0.4 is 10.0 Å². The van der Waals surface area contributed by atoms with Gasteiger partial charge in [-0.1, -0.05) is 0 Å². The molecule has 0 atom stereocenters. The number of nitrogens with one attached hydrogen (secondary N) is 2. The van der Waals surface area contributed by atoms with Crippen molar-refractivity contribution in [3.8, 4) is 0 Å². The first kappa shape index (κ1) is 14.4. The molecule has 1 aromatic heterocycles. The number of benzene rings is 1. The molecule has 0 unspecified atom stereocenters. The van der Waals surface area contributed by atoms with Crippen molar-refractivity contribution in [1.29, 1.82) is 0 Å². The van der Waals surface area contributed by atoms with Crippen LogP contribution in [0, 0.1) is 0 Å². The minimum Gasteiger partial charge on any atom is -0.378 e. The highest BCUT2D eigenvalue weighted by Crippen LogP contribution is 2.15. The van der Waals surface area contributed by atoms with Gasteiger partial charge in [-0.3, -0.25) is 4.72 Å². The molecule has 0 aliphatic heterocycles. The molecule has 1 heterocycles. The molecule has 0 saturated carbocycles. The predicted octanol–water partition coefficient (Wildman–Crippen LogP) is 1.79. The molecule has 7 heteroatoms. The third-order valence-electron chi connectivity index (χ3n) is 2.91. The lowest BCUT2D eigenvalue weighted by molar-refractivity contribution is 0.602. The molecule has 1 aromatic carbocycles. The van der Waals surface area contributed by atoms with Gasteiger partial charge in [-0.05, 0) is 31.2 Å². The van der Waals surface area contributed by atoms with Gasteiger partial charge < -0.3 is 9.88 Å². The molecule has 6 nitrogen and oxygen atoms in total. The van der Waals surface area contributed by atoms with Gasteiger partial charge in [0, 0.05) is 30.8 Å². The number of imidazole rings is 1. The molecule has 0 aliphatic rings. The van der Waals surface area contributed by atoms with Crippen molar-refractivity contribution in [1.82, 2.24) is 9.55 Å². The van der Waals surface area contributed by atoms with Crippen LogP contribution in [0.4, 0.5) is 11.4 Å². The fourth-order valence-electron chi connectivity index (χ4n) is 1.66. The third kappa shape index (κ3) is 3.74. The number of hydrogen-bond donors (Lipinski definition) is 2. The van der Waals surface area contributed by atoms with Crippen molar-refractivity contribution in [2.45, 2.75) is 13.5 Å². The summed E-state index contributed by atoms with van der Waals surface area (Å²) in [4.78, 5) is 4.22. The van der Waals surface area contributed by atoms with E-state index in [1.807, 2.05) is 29.9 Å². The summed E-state index contributed by atoms with van der Waals surface area (Å²) < 4.78 is 27.3. The number of hydrogen-bond acceptors (Lipinski definition) is 4. The number of aryl methyl sites for hydroxylation is 1. The molecule has 2 rings (SSSR count). The van der Waals surface area contributed by atoms with Crippen LogP contribution in [0.5, 0.6) is 0 Å². The van der Waals surface area contributed by atoms with Gasteiger partial charge in [0.25, 0.3) is 0 Å². The van der Waals surface area contributed by atoms with E-state index in [0.29, 0.717) is 12.2 Å². The Balaban J connectivity index is 1.97. The van der Waals surface area contributed by atoms with Crippen molar-refractivity contribution in [2.24, 2.45) is 7.05 Å². The summed E-state index contributed by atoms with van der Waals surface area (Å²) in [6.07, 6.45) is 3.64. The van der Waals surface area contributed by atoms with E-state index in [0.717, 1.165) is 11.5 Å². The number of sulfonamides is 1. The Morgan fingerprint density at radius 3 is 2.40 bits per heavy atom. The van der Waals surface area contributed by atoms with Gasteiger partial charge in [0.05, 0.1) is 12.3 Å². The zero-order valence-corrected chi connectivity index (χ0v) is 12.3. The van der Waals surface area contributed by atoms with E-state index in [2.05, 4.69) is 15.0 Å².